The third kappa shape index (κ3) is 2.56. The van der Waals surface area contributed by atoms with Gasteiger partial charge in [0.15, 0.2) is 0 Å². The number of amides is 3. The Hall–Kier alpha value is -2.18. The molecule has 0 aliphatic carbocycles. The highest BCUT2D eigenvalue weighted by Crippen LogP contribution is 2.15. The minimum Gasteiger partial charge on any atom is -0.321 e. The van der Waals surface area contributed by atoms with Gasteiger partial charge in [-0.05, 0) is 20.3 Å². The fourth-order valence-corrected chi connectivity index (χ4v) is 2.42. The number of hydrogen-bond acceptors (Lipinski definition) is 4. The van der Waals surface area contributed by atoms with Crippen LogP contribution in [0.3, 0.4) is 0 Å². The zero-order valence-electron chi connectivity index (χ0n) is 11.8. The molecule has 0 saturated carbocycles. The van der Waals surface area contributed by atoms with Crippen molar-refractivity contribution in [2.45, 2.75) is 39.7 Å². The number of hydrogen-bond donors (Lipinski definition) is 2. The highest BCUT2D eigenvalue weighted by Gasteiger charge is 2.35. The molecule has 3 amide bonds. The van der Waals surface area contributed by atoms with E-state index >= 15 is 0 Å². The van der Waals surface area contributed by atoms with Crippen LogP contribution in [-0.2, 0) is 20.8 Å². The molecule has 1 saturated heterocycles. The van der Waals surface area contributed by atoms with Crippen molar-refractivity contribution in [1.82, 2.24) is 20.4 Å². The second-order valence-corrected chi connectivity index (χ2v) is 4.95. The molecule has 7 nitrogen and oxygen atoms in total. The molecule has 1 fully saturated rings. The van der Waals surface area contributed by atoms with Crippen molar-refractivity contribution < 1.29 is 14.4 Å². The van der Waals surface area contributed by atoms with Gasteiger partial charge in [0.2, 0.25) is 17.7 Å². The van der Waals surface area contributed by atoms with Crippen molar-refractivity contribution in [3.8, 4) is 0 Å². The van der Waals surface area contributed by atoms with Gasteiger partial charge in [-0.1, -0.05) is 6.92 Å². The van der Waals surface area contributed by atoms with Gasteiger partial charge < -0.3 is 4.90 Å². The largest absolute Gasteiger partial charge is 0.321 e. The van der Waals surface area contributed by atoms with Crippen molar-refractivity contribution in [3.05, 3.63) is 17.0 Å². The monoisotopic (exact) mass is 278 g/mol. The Balaban J connectivity index is 2.18. The predicted molar refractivity (Wildman–Crippen MR) is 70.7 cm³/mol. The van der Waals surface area contributed by atoms with E-state index in [1.807, 2.05) is 20.8 Å². The van der Waals surface area contributed by atoms with Crippen molar-refractivity contribution in [3.63, 3.8) is 0 Å². The van der Waals surface area contributed by atoms with Crippen LogP contribution in [0.15, 0.2) is 0 Å². The van der Waals surface area contributed by atoms with Crippen LogP contribution < -0.4 is 5.32 Å². The molecule has 0 aromatic carbocycles. The molecule has 0 bridgehead atoms. The van der Waals surface area contributed by atoms with Gasteiger partial charge in [-0.2, -0.15) is 5.10 Å². The minimum absolute atomic E-state index is 0.0704. The molecule has 0 radical (unpaired) electrons. The van der Waals surface area contributed by atoms with Crippen LogP contribution in [0.2, 0.25) is 0 Å². The lowest BCUT2D eigenvalue weighted by Crippen LogP contribution is -2.59. The number of nitrogens with one attached hydrogen (secondary N) is 2. The number of imide groups is 1. The number of carbonyl (C=O) groups excluding carboxylic acids is 3. The van der Waals surface area contributed by atoms with Crippen LogP contribution >= 0.6 is 0 Å². The highest BCUT2D eigenvalue weighted by molar-refractivity contribution is 6.04. The Kier molecular flexibility index (Phi) is 3.87. The van der Waals surface area contributed by atoms with Crippen molar-refractivity contribution >= 4 is 17.7 Å². The van der Waals surface area contributed by atoms with Gasteiger partial charge in [0.05, 0.1) is 12.1 Å². The first-order chi connectivity index (χ1) is 9.43. The van der Waals surface area contributed by atoms with Crippen LogP contribution in [-0.4, -0.2) is 45.4 Å². The van der Waals surface area contributed by atoms with E-state index in [1.54, 1.807) is 0 Å². The van der Waals surface area contributed by atoms with Gasteiger partial charge in [-0.25, -0.2) is 0 Å². The first-order valence-electron chi connectivity index (χ1n) is 6.57. The maximum Gasteiger partial charge on any atom is 0.249 e. The first kappa shape index (κ1) is 14.2. The molecule has 1 aliphatic heterocycles. The Morgan fingerprint density at radius 2 is 2.10 bits per heavy atom. The Bertz CT molecular complexity index is 544. The lowest BCUT2D eigenvalue weighted by molar-refractivity contribution is -0.149. The molecular weight excluding hydrogens is 260 g/mol. The van der Waals surface area contributed by atoms with Gasteiger partial charge in [0, 0.05) is 11.3 Å². The Morgan fingerprint density at radius 3 is 2.65 bits per heavy atom. The maximum atomic E-state index is 12.4. The summed E-state index contributed by atoms with van der Waals surface area (Å²) in [5, 5.41) is 9.12. The normalized spacial score (nSPS) is 19.1. The summed E-state index contributed by atoms with van der Waals surface area (Å²) in [6.07, 6.45) is 0.624. The summed E-state index contributed by atoms with van der Waals surface area (Å²) < 4.78 is 0. The standard InChI is InChI=1S/C13H18N4O3/c1-4-10-13(20)14-11(18)6-17(10)12(19)5-9-7(2)15-16-8(9)3/h10H,4-6H2,1-3H3,(H,15,16)(H,14,18,20). The number of aromatic nitrogens is 2. The van der Waals surface area contributed by atoms with Crippen LogP contribution in [0.1, 0.15) is 30.3 Å². The van der Waals surface area contributed by atoms with E-state index in [0.29, 0.717) is 6.42 Å². The van der Waals surface area contributed by atoms with E-state index < -0.39 is 17.9 Å². The SMILES string of the molecule is CCC1C(=O)NC(=O)CN1C(=O)Cc1c(C)n[nH]c1C. The van der Waals surface area contributed by atoms with Crippen LogP contribution in [0.5, 0.6) is 0 Å². The second kappa shape index (κ2) is 5.44. The fraction of sp³-hybridized carbons (Fsp3) is 0.538. The van der Waals surface area contributed by atoms with Gasteiger partial charge in [0.1, 0.15) is 12.6 Å². The third-order valence-electron chi connectivity index (χ3n) is 3.57. The molecule has 20 heavy (non-hydrogen) atoms. The number of aryl methyl sites for hydroxylation is 2. The van der Waals surface area contributed by atoms with Crippen molar-refractivity contribution in [2.24, 2.45) is 0 Å². The molecule has 1 unspecified atom stereocenters. The molecule has 7 heteroatoms. The van der Waals surface area contributed by atoms with E-state index in [0.717, 1.165) is 17.0 Å². The van der Waals surface area contributed by atoms with Gasteiger partial charge in [-0.3, -0.25) is 24.8 Å². The van der Waals surface area contributed by atoms with E-state index in [9.17, 15) is 14.4 Å². The van der Waals surface area contributed by atoms with Gasteiger partial charge >= 0.3 is 0 Å². The maximum absolute atomic E-state index is 12.4. The molecule has 0 spiro atoms. The number of nitrogens with zero attached hydrogens (tertiary/aromatic N) is 2. The zero-order chi connectivity index (χ0) is 14.9. The molecule has 1 aromatic heterocycles. The van der Waals surface area contributed by atoms with Crippen LogP contribution in [0.25, 0.3) is 0 Å². The van der Waals surface area contributed by atoms with Crippen molar-refractivity contribution in [2.75, 3.05) is 6.54 Å². The Labute approximate surface area is 116 Å². The first-order valence-corrected chi connectivity index (χ1v) is 6.57. The van der Waals surface area contributed by atoms with Crippen molar-refractivity contribution in [1.29, 1.82) is 0 Å². The molecule has 2 rings (SSSR count). The molecule has 1 aromatic rings. The second-order valence-electron chi connectivity index (χ2n) is 4.95. The molecule has 1 aliphatic rings. The number of aromatic amines is 1. The van der Waals surface area contributed by atoms with Gasteiger partial charge in [-0.15, -0.1) is 0 Å². The van der Waals surface area contributed by atoms with Crippen LogP contribution in [0.4, 0.5) is 0 Å². The zero-order valence-corrected chi connectivity index (χ0v) is 11.8. The molecule has 2 N–H and O–H groups in total. The number of H-pyrrole nitrogens is 1. The lowest BCUT2D eigenvalue weighted by Gasteiger charge is -2.33. The smallest absolute Gasteiger partial charge is 0.249 e. The minimum atomic E-state index is -0.576. The number of rotatable bonds is 3. The van der Waals surface area contributed by atoms with Crippen LogP contribution in [0, 0.1) is 13.8 Å². The fourth-order valence-electron chi connectivity index (χ4n) is 2.42. The molecule has 2 heterocycles. The third-order valence-corrected chi connectivity index (χ3v) is 3.57. The van der Waals surface area contributed by atoms with E-state index in [-0.39, 0.29) is 18.9 Å². The average Bonchev–Trinajstić information content (AvgIpc) is 2.69. The summed E-state index contributed by atoms with van der Waals surface area (Å²) >= 11 is 0. The van der Waals surface area contributed by atoms with E-state index in [4.69, 9.17) is 0 Å². The average molecular weight is 278 g/mol. The summed E-state index contributed by atoms with van der Waals surface area (Å²) in [5.41, 5.74) is 2.41. The summed E-state index contributed by atoms with van der Waals surface area (Å²) in [6.45, 7) is 5.40. The number of carbonyl (C=O) groups is 3. The summed E-state index contributed by atoms with van der Waals surface area (Å²) in [7, 11) is 0. The van der Waals surface area contributed by atoms with E-state index in [1.165, 1.54) is 4.90 Å². The molecular formula is C13H18N4O3. The summed E-state index contributed by atoms with van der Waals surface area (Å²) in [4.78, 5) is 36.9. The summed E-state index contributed by atoms with van der Waals surface area (Å²) in [6, 6.07) is -0.576. The van der Waals surface area contributed by atoms with E-state index in [2.05, 4.69) is 15.5 Å². The Morgan fingerprint density at radius 1 is 1.40 bits per heavy atom. The topological polar surface area (TPSA) is 95.2 Å². The molecule has 108 valence electrons. The molecule has 1 atom stereocenters. The van der Waals surface area contributed by atoms with Gasteiger partial charge in [0.25, 0.3) is 0 Å². The summed E-state index contributed by atoms with van der Waals surface area (Å²) in [5.74, 6) is -1.07. The highest BCUT2D eigenvalue weighted by atomic mass is 16.2. The number of piperazine rings is 1. The predicted octanol–water partition coefficient (Wildman–Crippen LogP) is -0.167. The lowest BCUT2D eigenvalue weighted by atomic mass is 10.1. The quantitative estimate of drug-likeness (QED) is 0.751.